The van der Waals surface area contributed by atoms with E-state index in [2.05, 4.69) is 39.2 Å². The van der Waals surface area contributed by atoms with Crippen LogP contribution in [0.15, 0.2) is 0 Å². The summed E-state index contributed by atoms with van der Waals surface area (Å²) in [4.78, 5) is 4.66. The molecule has 1 aromatic rings. The maximum Gasteiger partial charge on any atom is 0.146 e. The second-order valence-corrected chi connectivity index (χ2v) is 6.36. The van der Waals surface area contributed by atoms with Crippen LogP contribution < -0.4 is 0 Å². The van der Waals surface area contributed by atoms with Crippen LogP contribution in [0.1, 0.15) is 30.9 Å². The molecule has 2 atom stereocenters. The first-order chi connectivity index (χ1) is 11.0. The van der Waals surface area contributed by atoms with Gasteiger partial charge in [-0.3, -0.25) is 4.90 Å². The zero-order valence-electron chi connectivity index (χ0n) is 14.2. The van der Waals surface area contributed by atoms with Crippen LogP contribution in [0.2, 0.25) is 0 Å². The van der Waals surface area contributed by atoms with Gasteiger partial charge in [-0.2, -0.15) is 10.5 Å². The van der Waals surface area contributed by atoms with E-state index in [0.717, 1.165) is 44.2 Å². The maximum absolute atomic E-state index is 9.20. The minimum Gasteiger partial charge on any atom is -0.317 e. The lowest BCUT2D eigenvalue weighted by atomic mass is 10.1. The Kier molecular flexibility index (Phi) is 6.09. The molecule has 124 valence electrons. The van der Waals surface area contributed by atoms with E-state index in [1.54, 1.807) is 0 Å². The molecular weight excluding hydrogens is 290 g/mol. The highest BCUT2D eigenvalue weighted by Gasteiger charge is 2.28. The maximum atomic E-state index is 9.20. The van der Waals surface area contributed by atoms with Crippen molar-refractivity contribution in [2.45, 2.75) is 38.8 Å². The Bertz CT molecular complexity index is 595. The summed E-state index contributed by atoms with van der Waals surface area (Å²) in [7, 11) is 4.11. The summed E-state index contributed by atoms with van der Waals surface area (Å²) in [6, 6.07) is 4.93. The third kappa shape index (κ3) is 4.51. The van der Waals surface area contributed by atoms with Gasteiger partial charge in [0, 0.05) is 32.6 Å². The number of rotatable bonds is 7. The SMILES string of the molecule is Cc1nnc(CN(C)[C@@H]2CCN(C[C@@H](C#N)CCC#N)C2)n1C. The molecule has 7 nitrogen and oxygen atoms in total. The Balaban J connectivity index is 1.83. The number of likely N-dealkylation sites (N-methyl/N-ethyl adjacent to an activating group) is 1. The average Bonchev–Trinajstić information content (AvgIpc) is 3.13. The van der Waals surface area contributed by atoms with Crippen LogP contribution in [0.5, 0.6) is 0 Å². The van der Waals surface area contributed by atoms with Gasteiger partial charge in [0.2, 0.25) is 0 Å². The van der Waals surface area contributed by atoms with Crippen molar-refractivity contribution in [2.75, 3.05) is 26.7 Å². The fourth-order valence-corrected chi connectivity index (χ4v) is 3.03. The minimum absolute atomic E-state index is 0.0416. The molecule has 0 spiro atoms. The van der Waals surface area contributed by atoms with Gasteiger partial charge in [-0.25, -0.2) is 0 Å². The van der Waals surface area contributed by atoms with E-state index < -0.39 is 0 Å². The number of hydrogen-bond donors (Lipinski definition) is 0. The molecule has 1 aliphatic rings. The molecule has 23 heavy (non-hydrogen) atoms. The number of aryl methyl sites for hydroxylation is 1. The molecule has 0 aromatic carbocycles. The van der Waals surface area contributed by atoms with Gasteiger partial charge in [0.25, 0.3) is 0 Å². The van der Waals surface area contributed by atoms with Crippen LogP contribution in [0.25, 0.3) is 0 Å². The van der Waals surface area contributed by atoms with Crippen LogP contribution in [-0.4, -0.2) is 57.3 Å². The smallest absolute Gasteiger partial charge is 0.146 e. The van der Waals surface area contributed by atoms with Gasteiger partial charge in [0.05, 0.1) is 24.6 Å². The highest BCUT2D eigenvalue weighted by Crippen LogP contribution is 2.18. The summed E-state index contributed by atoms with van der Waals surface area (Å²) in [5.41, 5.74) is 0. The van der Waals surface area contributed by atoms with E-state index in [4.69, 9.17) is 5.26 Å². The lowest BCUT2D eigenvalue weighted by molar-refractivity contribution is 0.212. The molecule has 0 unspecified atom stereocenters. The fourth-order valence-electron chi connectivity index (χ4n) is 3.03. The third-order valence-corrected chi connectivity index (χ3v) is 4.71. The second kappa shape index (κ2) is 8.05. The normalized spacial score (nSPS) is 19.7. The van der Waals surface area contributed by atoms with Crippen molar-refractivity contribution in [2.24, 2.45) is 13.0 Å². The molecule has 2 heterocycles. The second-order valence-electron chi connectivity index (χ2n) is 6.36. The Morgan fingerprint density at radius 3 is 2.78 bits per heavy atom. The van der Waals surface area contributed by atoms with Gasteiger partial charge in [0.15, 0.2) is 0 Å². The quantitative estimate of drug-likeness (QED) is 0.748. The first-order valence-electron chi connectivity index (χ1n) is 8.09. The summed E-state index contributed by atoms with van der Waals surface area (Å²) in [6.45, 7) is 5.49. The van der Waals surface area contributed by atoms with Crippen LogP contribution in [0.4, 0.5) is 0 Å². The van der Waals surface area contributed by atoms with Gasteiger partial charge in [-0.1, -0.05) is 0 Å². The monoisotopic (exact) mass is 315 g/mol. The summed E-state index contributed by atoms with van der Waals surface area (Å²) in [6.07, 6.45) is 2.23. The predicted octanol–water partition coefficient (Wildman–Crippen LogP) is 1.07. The summed E-state index contributed by atoms with van der Waals surface area (Å²) < 4.78 is 2.02. The number of aromatic nitrogens is 3. The summed E-state index contributed by atoms with van der Waals surface area (Å²) in [5.74, 6) is 1.86. The lowest BCUT2D eigenvalue weighted by Crippen LogP contribution is -2.36. The van der Waals surface area contributed by atoms with Crippen molar-refractivity contribution in [3.8, 4) is 12.1 Å². The van der Waals surface area contributed by atoms with E-state index in [-0.39, 0.29) is 5.92 Å². The highest BCUT2D eigenvalue weighted by atomic mass is 15.3. The molecule has 1 fully saturated rings. The molecule has 0 saturated carbocycles. The van der Waals surface area contributed by atoms with Crippen molar-refractivity contribution in [1.82, 2.24) is 24.6 Å². The fraction of sp³-hybridized carbons (Fsp3) is 0.750. The van der Waals surface area contributed by atoms with Crippen molar-refractivity contribution >= 4 is 0 Å². The van der Waals surface area contributed by atoms with Crippen LogP contribution in [0.3, 0.4) is 0 Å². The van der Waals surface area contributed by atoms with Gasteiger partial charge in [0.1, 0.15) is 11.6 Å². The minimum atomic E-state index is -0.0416. The van der Waals surface area contributed by atoms with Gasteiger partial charge < -0.3 is 9.47 Å². The van der Waals surface area contributed by atoms with Gasteiger partial charge in [-0.15, -0.1) is 10.2 Å². The number of nitriles is 2. The first-order valence-corrected chi connectivity index (χ1v) is 8.09. The van der Waals surface area contributed by atoms with Gasteiger partial charge >= 0.3 is 0 Å². The topological polar surface area (TPSA) is 84.8 Å². The van der Waals surface area contributed by atoms with Crippen molar-refractivity contribution in [3.05, 3.63) is 11.6 Å². The molecule has 2 rings (SSSR count). The molecule has 7 heteroatoms. The van der Waals surface area contributed by atoms with Crippen molar-refractivity contribution in [1.29, 1.82) is 10.5 Å². The molecule has 0 bridgehead atoms. The van der Waals surface area contributed by atoms with Gasteiger partial charge in [-0.05, 0) is 33.4 Å². The van der Waals surface area contributed by atoms with Crippen LogP contribution in [0, 0.1) is 35.5 Å². The molecule has 0 amide bonds. The number of nitrogens with zero attached hydrogens (tertiary/aromatic N) is 7. The van der Waals surface area contributed by atoms with E-state index in [9.17, 15) is 5.26 Å². The Labute approximate surface area is 138 Å². The molecule has 0 N–H and O–H groups in total. The standard InChI is InChI=1S/C16H25N7/c1-13-19-20-16(22(13)3)12-21(2)15-6-8-23(11-15)10-14(9-18)5-4-7-17/h14-15H,4-6,8,10-12H2,1-3H3/t14-,15-/m1/s1. The highest BCUT2D eigenvalue weighted by molar-refractivity contribution is 4.95. The summed E-state index contributed by atoms with van der Waals surface area (Å²) in [5, 5.41) is 26.2. The molecular formula is C16H25N7. The molecule has 0 radical (unpaired) electrons. The average molecular weight is 315 g/mol. The number of likely N-dealkylation sites (tertiary alicyclic amines) is 1. The van der Waals surface area contributed by atoms with Crippen LogP contribution in [-0.2, 0) is 13.6 Å². The summed E-state index contributed by atoms with van der Waals surface area (Å²) >= 11 is 0. The zero-order valence-corrected chi connectivity index (χ0v) is 14.2. The Morgan fingerprint density at radius 1 is 1.39 bits per heavy atom. The first kappa shape index (κ1) is 17.4. The van der Waals surface area contributed by atoms with E-state index in [0.29, 0.717) is 18.9 Å². The van der Waals surface area contributed by atoms with E-state index in [1.807, 2.05) is 18.5 Å². The molecule has 1 aromatic heterocycles. The predicted molar refractivity (Wildman–Crippen MR) is 86.0 cm³/mol. The molecule has 0 aliphatic carbocycles. The van der Waals surface area contributed by atoms with Crippen molar-refractivity contribution < 1.29 is 0 Å². The third-order valence-electron chi connectivity index (χ3n) is 4.71. The lowest BCUT2D eigenvalue weighted by Gasteiger charge is -2.24. The number of hydrogen-bond acceptors (Lipinski definition) is 6. The van der Waals surface area contributed by atoms with E-state index in [1.165, 1.54) is 0 Å². The Morgan fingerprint density at radius 2 is 2.17 bits per heavy atom. The largest absolute Gasteiger partial charge is 0.317 e. The molecule has 1 saturated heterocycles. The van der Waals surface area contributed by atoms with E-state index >= 15 is 0 Å². The molecule has 1 aliphatic heterocycles. The Hall–Kier alpha value is -1.96. The van der Waals surface area contributed by atoms with Crippen molar-refractivity contribution in [3.63, 3.8) is 0 Å². The zero-order chi connectivity index (χ0) is 16.8. The van der Waals surface area contributed by atoms with Crippen LogP contribution >= 0.6 is 0 Å².